The smallest absolute Gasteiger partial charge is 0.254 e. The second-order valence-corrected chi connectivity index (χ2v) is 6.48. The lowest BCUT2D eigenvalue weighted by atomic mass is 10.1. The fraction of sp³-hybridized carbons (Fsp3) is 0.174. The topological polar surface area (TPSA) is 68.5 Å². The van der Waals surface area contributed by atoms with Crippen LogP contribution in [0.15, 0.2) is 78.4 Å². The van der Waals surface area contributed by atoms with Gasteiger partial charge in [-0.2, -0.15) is 4.98 Å². The van der Waals surface area contributed by atoms with Gasteiger partial charge in [-0.25, -0.2) is 0 Å². The Morgan fingerprint density at radius 3 is 2.66 bits per heavy atom. The number of hydrogen-bond donors (Lipinski definition) is 0. The van der Waals surface area contributed by atoms with Crippen LogP contribution in [0.25, 0.3) is 11.4 Å². The lowest BCUT2D eigenvalue weighted by Crippen LogP contribution is -2.30. The molecule has 6 nitrogen and oxygen atoms in total. The minimum Gasteiger partial charge on any atom is -0.490 e. The first-order valence-electron chi connectivity index (χ1n) is 9.24. The molecule has 3 aromatic rings. The van der Waals surface area contributed by atoms with Crippen molar-refractivity contribution in [2.45, 2.75) is 13.5 Å². The number of carbonyl (C=O) groups excluding carboxylic acids is 1. The summed E-state index contributed by atoms with van der Waals surface area (Å²) in [5, 5.41) is 4.04. The third-order valence-electron chi connectivity index (χ3n) is 4.18. The fourth-order valence-corrected chi connectivity index (χ4v) is 2.79. The molecule has 1 amide bonds. The zero-order valence-corrected chi connectivity index (χ0v) is 16.4. The minimum absolute atomic E-state index is 0.157. The summed E-state index contributed by atoms with van der Waals surface area (Å²) >= 11 is 0. The number of hydrogen-bond acceptors (Lipinski definition) is 5. The van der Waals surface area contributed by atoms with E-state index in [2.05, 4.69) is 23.3 Å². The van der Waals surface area contributed by atoms with Crippen molar-refractivity contribution in [2.75, 3.05) is 13.2 Å². The minimum atomic E-state index is -0.157. The first-order valence-corrected chi connectivity index (χ1v) is 9.24. The van der Waals surface area contributed by atoms with E-state index in [1.807, 2.05) is 31.2 Å². The Bertz CT molecular complexity index is 993. The van der Waals surface area contributed by atoms with Crippen LogP contribution in [0.5, 0.6) is 5.75 Å². The molecule has 0 unspecified atom stereocenters. The largest absolute Gasteiger partial charge is 0.490 e. The summed E-state index contributed by atoms with van der Waals surface area (Å²) in [6.45, 7) is 10.3. The Morgan fingerprint density at radius 2 is 1.97 bits per heavy atom. The summed E-state index contributed by atoms with van der Waals surface area (Å²) in [6.07, 6.45) is 3.33. The van der Waals surface area contributed by atoms with Crippen LogP contribution in [0, 0.1) is 6.92 Å². The SMILES string of the molecule is C=CCOc1ccc(C(=O)N(CC=C)Cc2nc(-c3cccc(C)c3)no2)cc1. The zero-order chi connectivity index (χ0) is 20.6. The van der Waals surface area contributed by atoms with E-state index in [1.165, 1.54) is 0 Å². The maximum Gasteiger partial charge on any atom is 0.254 e. The molecule has 2 aromatic carbocycles. The van der Waals surface area contributed by atoms with Crippen LogP contribution in [0.3, 0.4) is 0 Å². The van der Waals surface area contributed by atoms with Gasteiger partial charge in [0.1, 0.15) is 18.9 Å². The predicted octanol–water partition coefficient (Wildman–Crippen LogP) is 4.44. The van der Waals surface area contributed by atoms with Crippen LogP contribution in [0.2, 0.25) is 0 Å². The van der Waals surface area contributed by atoms with Crippen molar-refractivity contribution in [1.82, 2.24) is 15.0 Å². The van der Waals surface area contributed by atoms with Gasteiger partial charge in [-0.3, -0.25) is 4.79 Å². The Labute approximate surface area is 170 Å². The number of aromatic nitrogens is 2. The van der Waals surface area contributed by atoms with Gasteiger partial charge in [0.25, 0.3) is 5.91 Å². The summed E-state index contributed by atoms with van der Waals surface area (Å²) < 4.78 is 10.8. The summed E-state index contributed by atoms with van der Waals surface area (Å²) in [5.41, 5.74) is 2.52. The van der Waals surface area contributed by atoms with Crippen LogP contribution >= 0.6 is 0 Å². The first kappa shape index (κ1) is 20.1. The van der Waals surface area contributed by atoms with Crippen LogP contribution in [0.4, 0.5) is 0 Å². The molecule has 0 saturated carbocycles. The number of benzene rings is 2. The Morgan fingerprint density at radius 1 is 1.17 bits per heavy atom. The van der Waals surface area contributed by atoms with Crippen LogP contribution in [-0.4, -0.2) is 34.1 Å². The van der Waals surface area contributed by atoms with E-state index in [-0.39, 0.29) is 12.5 Å². The highest BCUT2D eigenvalue weighted by Crippen LogP contribution is 2.19. The monoisotopic (exact) mass is 389 g/mol. The van der Waals surface area contributed by atoms with Crippen molar-refractivity contribution in [3.63, 3.8) is 0 Å². The fourth-order valence-electron chi connectivity index (χ4n) is 2.79. The van der Waals surface area contributed by atoms with Crippen molar-refractivity contribution in [3.05, 3.63) is 90.9 Å². The molecule has 0 aliphatic carbocycles. The molecule has 0 bridgehead atoms. The molecular weight excluding hydrogens is 366 g/mol. The van der Waals surface area contributed by atoms with E-state index in [0.717, 1.165) is 11.1 Å². The second-order valence-electron chi connectivity index (χ2n) is 6.48. The van der Waals surface area contributed by atoms with E-state index in [0.29, 0.717) is 36.2 Å². The molecule has 1 heterocycles. The summed E-state index contributed by atoms with van der Waals surface area (Å²) in [5.74, 6) is 1.38. The van der Waals surface area contributed by atoms with Gasteiger partial charge in [-0.15, -0.1) is 6.58 Å². The van der Waals surface area contributed by atoms with Crippen molar-refractivity contribution in [2.24, 2.45) is 0 Å². The van der Waals surface area contributed by atoms with Crippen LogP contribution in [-0.2, 0) is 6.54 Å². The van der Waals surface area contributed by atoms with E-state index < -0.39 is 0 Å². The molecule has 29 heavy (non-hydrogen) atoms. The normalized spacial score (nSPS) is 10.4. The Balaban J connectivity index is 1.73. The number of nitrogens with zero attached hydrogens (tertiary/aromatic N) is 3. The van der Waals surface area contributed by atoms with Crippen molar-refractivity contribution in [1.29, 1.82) is 0 Å². The first-order chi connectivity index (χ1) is 14.1. The Hall–Kier alpha value is -3.67. The van der Waals surface area contributed by atoms with E-state index in [4.69, 9.17) is 9.26 Å². The van der Waals surface area contributed by atoms with Crippen molar-refractivity contribution in [3.8, 4) is 17.1 Å². The summed E-state index contributed by atoms with van der Waals surface area (Å²) in [6, 6.07) is 14.8. The average molecular weight is 389 g/mol. The highest BCUT2D eigenvalue weighted by atomic mass is 16.5. The molecule has 0 atom stereocenters. The molecule has 1 aromatic heterocycles. The highest BCUT2D eigenvalue weighted by Gasteiger charge is 2.19. The molecular formula is C23H23N3O3. The Kier molecular flexibility index (Phi) is 6.58. The maximum atomic E-state index is 12.9. The lowest BCUT2D eigenvalue weighted by molar-refractivity contribution is 0.0745. The second kappa shape index (κ2) is 9.50. The molecule has 0 saturated heterocycles. The van der Waals surface area contributed by atoms with Gasteiger partial charge in [0, 0.05) is 17.7 Å². The van der Waals surface area contributed by atoms with Crippen LogP contribution in [0.1, 0.15) is 21.8 Å². The average Bonchev–Trinajstić information content (AvgIpc) is 3.20. The van der Waals surface area contributed by atoms with Gasteiger partial charge >= 0.3 is 0 Å². The zero-order valence-electron chi connectivity index (χ0n) is 16.4. The molecule has 3 rings (SSSR count). The summed E-state index contributed by atoms with van der Waals surface area (Å²) in [7, 11) is 0. The van der Waals surface area contributed by atoms with E-state index in [1.54, 1.807) is 41.3 Å². The maximum absolute atomic E-state index is 12.9. The highest BCUT2D eigenvalue weighted by molar-refractivity contribution is 5.94. The number of rotatable bonds is 9. The van der Waals surface area contributed by atoms with E-state index >= 15 is 0 Å². The van der Waals surface area contributed by atoms with Gasteiger partial charge in [-0.1, -0.05) is 47.7 Å². The molecule has 0 fully saturated rings. The molecule has 0 N–H and O–H groups in total. The molecule has 0 radical (unpaired) electrons. The third-order valence-corrected chi connectivity index (χ3v) is 4.18. The predicted molar refractivity (Wildman–Crippen MR) is 112 cm³/mol. The van der Waals surface area contributed by atoms with Gasteiger partial charge < -0.3 is 14.2 Å². The summed E-state index contributed by atoms with van der Waals surface area (Å²) in [4.78, 5) is 18.9. The lowest BCUT2D eigenvalue weighted by Gasteiger charge is -2.19. The molecule has 0 aliphatic rings. The molecule has 148 valence electrons. The third kappa shape index (κ3) is 5.19. The quantitative estimate of drug-likeness (QED) is 0.506. The van der Waals surface area contributed by atoms with E-state index in [9.17, 15) is 4.79 Å². The molecule has 6 heteroatoms. The molecule has 0 aliphatic heterocycles. The number of aryl methyl sites for hydroxylation is 1. The van der Waals surface area contributed by atoms with Gasteiger partial charge in [0.05, 0.1) is 0 Å². The number of ether oxygens (including phenoxy) is 1. The van der Waals surface area contributed by atoms with Crippen molar-refractivity contribution >= 4 is 5.91 Å². The van der Waals surface area contributed by atoms with Gasteiger partial charge in [-0.05, 0) is 37.3 Å². The standard InChI is InChI=1S/C23H23N3O3/c1-4-13-26(23(27)18-9-11-20(12-10-18)28-14-5-2)16-21-24-22(25-29-21)19-8-6-7-17(3)15-19/h4-12,15H,1-2,13-14,16H2,3H3. The number of carbonyl (C=O) groups is 1. The number of amides is 1. The van der Waals surface area contributed by atoms with Gasteiger partial charge in [0.2, 0.25) is 11.7 Å². The van der Waals surface area contributed by atoms with Crippen molar-refractivity contribution < 1.29 is 14.1 Å². The van der Waals surface area contributed by atoms with Crippen LogP contribution < -0.4 is 4.74 Å². The van der Waals surface area contributed by atoms with Gasteiger partial charge in [0.15, 0.2) is 0 Å². The molecule has 0 spiro atoms.